The third-order valence-corrected chi connectivity index (χ3v) is 8.90. The monoisotopic (exact) mass is 556 g/mol. The van der Waals surface area contributed by atoms with E-state index in [0.29, 0.717) is 24.8 Å². The minimum Gasteiger partial charge on any atom is -0.410 e. The van der Waals surface area contributed by atoms with Crippen molar-refractivity contribution in [1.29, 1.82) is 0 Å². The number of carbonyl (C=O) groups excluding carboxylic acids is 1. The van der Waals surface area contributed by atoms with Gasteiger partial charge in [0.1, 0.15) is 24.2 Å². The van der Waals surface area contributed by atoms with Crippen LogP contribution in [0.15, 0.2) is 95.7 Å². The van der Waals surface area contributed by atoms with E-state index in [1.54, 1.807) is 12.7 Å². The number of nitrogens with zero attached hydrogens (tertiary/aromatic N) is 4. The molecule has 7 nitrogen and oxygen atoms in total. The molecule has 1 amide bonds. The molecule has 4 atom stereocenters. The SMILES string of the molecule is CC1=CC2C3=C(C(C4=CCC(C)(OCCCCn5cncn5)C=C4)N(C(=O)Oc4ccc(F)cc4)CC3)C2(C)C=C1. The van der Waals surface area contributed by atoms with E-state index in [0.717, 1.165) is 37.8 Å². The van der Waals surface area contributed by atoms with E-state index in [1.165, 1.54) is 41.0 Å². The van der Waals surface area contributed by atoms with Crippen LogP contribution in [0.3, 0.4) is 0 Å². The fourth-order valence-electron chi connectivity index (χ4n) is 6.62. The van der Waals surface area contributed by atoms with Gasteiger partial charge in [0.25, 0.3) is 0 Å². The van der Waals surface area contributed by atoms with Gasteiger partial charge < -0.3 is 9.47 Å². The zero-order valence-corrected chi connectivity index (χ0v) is 23.9. The zero-order chi connectivity index (χ0) is 28.6. The highest BCUT2D eigenvalue weighted by molar-refractivity contribution is 5.74. The summed E-state index contributed by atoms with van der Waals surface area (Å²) in [5.74, 6) is 0.329. The Morgan fingerprint density at radius 1 is 1.15 bits per heavy atom. The molecule has 3 aliphatic carbocycles. The van der Waals surface area contributed by atoms with Gasteiger partial charge in [-0.1, -0.05) is 54.5 Å². The number of unbranched alkanes of at least 4 members (excludes halogenated alkanes) is 1. The predicted octanol–water partition coefficient (Wildman–Crippen LogP) is 6.58. The summed E-state index contributed by atoms with van der Waals surface area (Å²) >= 11 is 0. The van der Waals surface area contributed by atoms with Gasteiger partial charge in [0.2, 0.25) is 0 Å². The highest BCUT2D eigenvalue weighted by atomic mass is 19.1. The molecule has 0 bridgehead atoms. The van der Waals surface area contributed by atoms with Crippen LogP contribution in [-0.4, -0.2) is 50.6 Å². The summed E-state index contributed by atoms with van der Waals surface area (Å²) < 4.78 is 27.4. The maximum absolute atomic E-state index is 13.6. The van der Waals surface area contributed by atoms with Crippen LogP contribution >= 0.6 is 0 Å². The van der Waals surface area contributed by atoms with Crippen molar-refractivity contribution in [2.24, 2.45) is 11.3 Å². The molecule has 8 heteroatoms. The summed E-state index contributed by atoms with van der Waals surface area (Å²) in [6, 6.07) is 5.36. The second-order valence-electron chi connectivity index (χ2n) is 11.9. The number of likely N-dealkylation sites (tertiary alicyclic amines) is 1. The van der Waals surface area contributed by atoms with Gasteiger partial charge in [0, 0.05) is 31.0 Å². The van der Waals surface area contributed by atoms with Crippen LogP contribution in [0, 0.1) is 17.2 Å². The molecule has 0 spiro atoms. The van der Waals surface area contributed by atoms with Gasteiger partial charge in [-0.05, 0) is 74.9 Å². The van der Waals surface area contributed by atoms with Crippen LogP contribution in [-0.2, 0) is 11.3 Å². The molecule has 0 radical (unpaired) electrons. The number of aryl methyl sites for hydroxylation is 1. The highest BCUT2D eigenvalue weighted by Gasteiger charge is 2.55. The molecule has 4 unspecified atom stereocenters. The van der Waals surface area contributed by atoms with Crippen molar-refractivity contribution in [3.63, 3.8) is 0 Å². The molecular weight excluding hydrogens is 519 g/mol. The molecule has 1 aromatic heterocycles. The van der Waals surface area contributed by atoms with Crippen LogP contribution in [0.4, 0.5) is 9.18 Å². The second kappa shape index (κ2) is 10.9. The molecule has 2 aromatic rings. The average molecular weight is 557 g/mol. The first-order chi connectivity index (χ1) is 19.8. The number of rotatable bonds is 8. The number of amides is 1. The van der Waals surface area contributed by atoms with E-state index in [1.807, 2.05) is 9.58 Å². The number of fused-ring (bicyclic) bond motifs is 3. The van der Waals surface area contributed by atoms with Gasteiger partial charge in [-0.3, -0.25) is 9.58 Å². The minimum absolute atomic E-state index is 0.148. The van der Waals surface area contributed by atoms with Gasteiger partial charge in [-0.25, -0.2) is 14.2 Å². The first kappa shape index (κ1) is 27.4. The molecule has 2 heterocycles. The first-order valence-electron chi connectivity index (χ1n) is 14.5. The van der Waals surface area contributed by atoms with Crippen LogP contribution in [0.2, 0.25) is 0 Å². The predicted molar refractivity (Wildman–Crippen MR) is 155 cm³/mol. The topological polar surface area (TPSA) is 69.5 Å². The molecule has 0 saturated carbocycles. The summed E-state index contributed by atoms with van der Waals surface area (Å²) in [6.07, 6.45) is 19.6. The molecule has 1 aromatic carbocycles. The van der Waals surface area contributed by atoms with E-state index in [4.69, 9.17) is 9.47 Å². The molecule has 4 aliphatic rings. The summed E-state index contributed by atoms with van der Waals surface area (Å²) in [7, 11) is 0. The Hall–Kier alpha value is -3.78. The molecule has 6 rings (SSSR count). The van der Waals surface area contributed by atoms with Crippen molar-refractivity contribution in [1.82, 2.24) is 19.7 Å². The van der Waals surface area contributed by atoms with Crippen molar-refractivity contribution in [3.8, 4) is 5.75 Å². The summed E-state index contributed by atoms with van der Waals surface area (Å²) in [5, 5.41) is 4.15. The van der Waals surface area contributed by atoms with Crippen molar-refractivity contribution in [3.05, 3.63) is 101 Å². The van der Waals surface area contributed by atoms with Crippen LogP contribution in [0.5, 0.6) is 5.75 Å². The fraction of sp³-hybridized carbons (Fsp3) is 0.424. The lowest BCUT2D eigenvalue weighted by Crippen LogP contribution is -2.57. The molecular formula is C33H37FN4O3. The Kier molecular flexibility index (Phi) is 7.28. The summed E-state index contributed by atoms with van der Waals surface area (Å²) in [6.45, 7) is 8.58. The Morgan fingerprint density at radius 2 is 1.98 bits per heavy atom. The average Bonchev–Trinajstić information content (AvgIpc) is 3.48. The lowest BCUT2D eigenvalue weighted by molar-refractivity contribution is 0.00413. The van der Waals surface area contributed by atoms with Gasteiger partial charge in [0.15, 0.2) is 0 Å². The van der Waals surface area contributed by atoms with Crippen molar-refractivity contribution in [2.75, 3.05) is 13.2 Å². The maximum atomic E-state index is 13.6. The fourth-order valence-corrected chi connectivity index (χ4v) is 6.62. The largest absolute Gasteiger partial charge is 0.416 e. The van der Waals surface area contributed by atoms with Gasteiger partial charge in [-0.15, -0.1) is 0 Å². The Morgan fingerprint density at radius 3 is 2.71 bits per heavy atom. The van der Waals surface area contributed by atoms with Crippen molar-refractivity contribution >= 4 is 6.09 Å². The van der Waals surface area contributed by atoms with Gasteiger partial charge in [-0.2, -0.15) is 5.10 Å². The Labute approximate surface area is 240 Å². The van der Waals surface area contributed by atoms with Crippen LogP contribution < -0.4 is 4.74 Å². The number of ether oxygens (including phenoxy) is 2. The summed E-state index contributed by atoms with van der Waals surface area (Å²) in [5.41, 5.74) is 4.53. The Bertz CT molecular complexity index is 1460. The summed E-state index contributed by atoms with van der Waals surface area (Å²) in [4.78, 5) is 19.4. The molecule has 41 heavy (non-hydrogen) atoms. The molecule has 0 saturated heterocycles. The number of hydrogen-bond donors (Lipinski definition) is 0. The van der Waals surface area contributed by atoms with E-state index in [9.17, 15) is 9.18 Å². The van der Waals surface area contributed by atoms with Gasteiger partial charge in [0.05, 0.1) is 11.6 Å². The first-order valence-corrected chi connectivity index (χ1v) is 14.5. The number of aromatic nitrogens is 3. The smallest absolute Gasteiger partial charge is 0.410 e. The van der Waals surface area contributed by atoms with E-state index >= 15 is 0 Å². The molecule has 0 fully saturated rings. The third-order valence-electron chi connectivity index (χ3n) is 8.90. The quantitative estimate of drug-likeness (QED) is 0.271. The van der Waals surface area contributed by atoms with E-state index in [2.05, 4.69) is 67.3 Å². The van der Waals surface area contributed by atoms with E-state index in [-0.39, 0.29) is 17.3 Å². The number of hydrogen-bond acceptors (Lipinski definition) is 5. The lowest BCUT2D eigenvalue weighted by atomic mass is 9.51. The standard InChI is InChI=1S/C33H37FN4O3/c1-23-10-16-33(3)28(20-23)27-13-18-38(31(39)41-26-8-6-25(34)7-9-26)30(29(27)33)24-11-14-32(2,15-12-24)40-19-5-4-17-37-22-35-21-36-37/h6-12,14,16,20-22,28,30H,4-5,13,15,17-19H2,1-3H3. The number of allylic oxidation sites excluding steroid dienone is 4. The maximum Gasteiger partial charge on any atom is 0.416 e. The Balaban J connectivity index is 1.19. The second-order valence-corrected chi connectivity index (χ2v) is 11.9. The lowest BCUT2D eigenvalue weighted by Gasteiger charge is -2.57. The normalized spacial score (nSPS) is 28.4. The third kappa shape index (κ3) is 5.33. The number of carbonyl (C=O) groups is 1. The molecule has 0 N–H and O–H groups in total. The van der Waals surface area contributed by atoms with Crippen molar-refractivity contribution < 1.29 is 18.7 Å². The van der Waals surface area contributed by atoms with Gasteiger partial charge >= 0.3 is 6.09 Å². The van der Waals surface area contributed by atoms with Crippen LogP contribution in [0.25, 0.3) is 0 Å². The molecule has 1 aliphatic heterocycles. The van der Waals surface area contributed by atoms with E-state index < -0.39 is 11.7 Å². The number of halogens is 1. The highest BCUT2D eigenvalue weighted by Crippen LogP contribution is 2.60. The number of benzene rings is 1. The molecule has 214 valence electrons. The van der Waals surface area contributed by atoms with Crippen LogP contribution in [0.1, 0.15) is 46.5 Å². The van der Waals surface area contributed by atoms with Crippen molar-refractivity contribution in [2.45, 2.75) is 64.6 Å². The zero-order valence-electron chi connectivity index (χ0n) is 23.9. The minimum atomic E-state index is -0.419.